The summed E-state index contributed by atoms with van der Waals surface area (Å²) in [5.41, 5.74) is 0.815. The van der Waals surface area contributed by atoms with Crippen molar-refractivity contribution in [3.63, 3.8) is 0 Å². The maximum absolute atomic E-state index is 12.4. The molecule has 3 aromatic rings. The molecular weight excluding hydrogens is 304 g/mol. The molecule has 0 aliphatic heterocycles. The molecule has 0 atom stereocenters. The van der Waals surface area contributed by atoms with Gasteiger partial charge >= 0.3 is 6.61 Å². The van der Waals surface area contributed by atoms with Crippen LogP contribution in [0.15, 0.2) is 53.3 Å². The highest BCUT2D eigenvalue weighted by Crippen LogP contribution is 2.21. The van der Waals surface area contributed by atoms with Crippen LogP contribution in [-0.2, 0) is 6.54 Å². The van der Waals surface area contributed by atoms with Gasteiger partial charge in [-0.05, 0) is 18.2 Å². The first-order chi connectivity index (χ1) is 11.1. The number of nitrogens with one attached hydrogen (secondary N) is 2. The molecule has 0 saturated heterocycles. The van der Waals surface area contributed by atoms with Crippen LogP contribution in [0.5, 0.6) is 5.75 Å². The smallest absolute Gasteiger partial charge is 0.387 e. The van der Waals surface area contributed by atoms with E-state index in [-0.39, 0.29) is 23.8 Å². The van der Waals surface area contributed by atoms with Gasteiger partial charge in [-0.25, -0.2) is 4.98 Å². The van der Waals surface area contributed by atoms with Crippen molar-refractivity contribution in [1.82, 2.24) is 9.97 Å². The molecule has 5 nitrogen and oxygen atoms in total. The Balaban J connectivity index is 1.83. The molecule has 3 rings (SSSR count). The standard InChI is InChI=1S/C16H13F2N3O2/c17-15(18)23-13-8-4-1-5-10(13)9-19-16-20-12-7-3-2-6-11(12)14(22)21-16/h1-8,15H,9H2,(H2,19,20,21,22). The number of para-hydroxylation sites is 2. The number of anilines is 1. The van der Waals surface area contributed by atoms with Crippen molar-refractivity contribution in [3.05, 3.63) is 64.4 Å². The number of aromatic amines is 1. The number of halogens is 2. The van der Waals surface area contributed by atoms with Crippen LogP contribution in [0.4, 0.5) is 14.7 Å². The molecule has 0 unspecified atom stereocenters. The number of ether oxygens (including phenoxy) is 1. The monoisotopic (exact) mass is 317 g/mol. The van der Waals surface area contributed by atoms with Gasteiger partial charge in [-0.1, -0.05) is 30.3 Å². The molecule has 118 valence electrons. The minimum absolute atomic E-state index is 0.0816. The second kappa shape index (κ2) is 6.43. The van der Waals surface area contributed by atoms with Crippen molar-refractivity contribution < 1.29 is 13.5 Å². The quantitative estimate of drug-likeness (QED) is 0.758. The van der Waals surface area contributed by atoms with Crippen molar-refractivity contribution in [2.24, 2.45) is 0 Å². The Labute approximate surface area is 129 Å². The number of hydrogen-bond donors (Lipinski definition) is 2. The number of nitrogens with zero attached hydrogens (tertiary/aromatic N) is 1. The molecule has 2 aromatic carbocycles. The molecule has 2 N–H and O–H groups in total. The SMILES string of the molecule is O=c1[nH]c(NCc2ccccc2OC(F)F)nc2ccccc12. The van der Waals surface area contributed by atoms with Gasteiger partial charge in [0.15, 0.2) is 0 Å². The molecule has 23 heavy (non-hydrogen) atoms. The average molecular weight is 317 g/mol. The topological polar surface area (TPSA) is 67.0 Å². The highest BCUT2D eigenvalue weighted by Gasteiger charge is 2.09. The van der Waals surface area contributed by atoms with Crippen LogP contribution >= 0.6 is 0 Å². The number of rotatable bonds is 5. The number of H-pyrrole nitrogens is 1. The molecule has 0 aliphatic rings. The fraction of sp³-hybridized carbons (Fsp3) is 0.125. The van der Waals surface area contributed by atoms with E-state index in [1.54, 1.807) is 42.5 Å². The Bertz CT molecular complexity index is 880. The molecule has 0 amide bonds. The van der Waals surface area contributed by atoms with Gasteiger partial charge in [0, 0.05) is 12.1 Å². The average Bonchev–Trinajstić information content (AvgIpc) is 2.54. The van der Waals surface area contributed by atoms with Crippen LogP contribution in [0.1, 0.15) is 5.56 Å². The van der Waals surface area contributed by atoms with E-state index >= 15 is 0 Å². The van der Waals surface area contributed by atoms with Crippen molar-refractivity contribution in [2.45, 2.75) is 13.2 Å². The predicted octanol–water partition coefficient (Wildman–Crippen LogP) is 3.14. The number of hydrogen-bond acceptors (Lipinski definition) is 4. The van der Waals surface area contributed by atoms with Crippen molar-refractivity contribution in [3.8, 4) is 5.75 Å². The van der Waals surface area contributed by atoms with Gasteiger partial charge in [-0.2, -0.15) is 8.78 Å². The summed E-state index contributed by atoms with van der Waals surface area (Å²) in [5.74, 6) is 0.346. The molecule has 0 bridgehead atoms. The fourth-order valence-electron chi connectivity index (χ4n) is 2.21. The van der Waals surface area contributed by atoms with E-state index in [1.807, 2.05) is 0 Å². The Hall–Kier alpha value is -2.96. The lowest BCUT2D eigenvalue weighted by molar-refractivity contribution is -0.0504. The second-order valence-electron chi connectivity index (χ2n) is 4.77. The number of alkyl halides is 2. The first-order valence-electron chi connectivity index (χ1n) is 6.89. The van der Waals surface area contributed by atoms with Crippen molar-refractivity contribution in [1.29, 1.82) is 0 Å². The van der Waals surface area contributed by atoms with Crippen LogP contribution in [0.2, 0.25) is 0 Å². The summed E-state index contributed by atoms with van der Waals surface area (Å²) in [6.07, 6.45) is 0. The van der Waals surface area contributed by atoms with E-state index in [2.05, 4.69) is 20.0 Å². The fourth-order valence-corrected chi connectivity index (χ4v) is 2.21. The molecule has 1 heterocycles. The van der Waals surface area contributed by atoms with Gasteiger partial charge in [0.2, 0.25) is 5.95 Å². The summed E-state index contributed by atoms with van der Waals surface area (Å²) in [6.45, 7) is -2.71. The highest BCUT2D eigenvalue weighted by atomic mass is 19.3. The van der Waals surface area contributed by atoms with E-state index in [0.29, 0.717) is 16.5 Å². The van der Waals surface area contributed by atoms with Gasteiger partial charge in [-0.15, -0.1) is 0 Å². The highest BCUT2D eigenvalue weighted by molar-refractivity contribution is 5.78. The zero-order valence-corrected chi connectivity index (χ0v) is 11.9. The Kier molecular flexibility index (Phi) is 4.18. The largest absolute Gasteiger partial charge is 0.434 e. The lowest BCUT2D eigenvalue weighted by Crippen LogP contribution is -2.14. The molecule has 7 heteroatoms. The van der Waals surface area contributed by atoms with Gasteiger partial charge in [0.1, 0.15) is 5.75 Å². The lowest BCUT2D eigenvalue weighted by atomic mass is 10.2. The Morgan fingerprint density at radius 2 is 1.87 bits per heavy atom. The van der Waals surface area contributed by atoms with Gasteiger partial charge < -0.3 is 10.1 Å². The maximum Gasteiger partial charge on any atom is 0.387 e. The molecule has 0 spiro atoms. The summed E-state index contributed by atoms with van der Waals surface area (Å²) in [6, 6.07) is 13.4. The summed E-state index contributed by atoms with van der Waals surface area (Å²) in [4.78, 5) is 18.9. The van der Waals surface area contributed by atoms with Crippen molar-refractivity contribution >= 4 is 16.9 Å². The minimum atomic E-state index is -2.89. The number of benzene rings is 2. The molecule has 0 radical (unpaired) electrons. The van der Waals surface area contributed by atoms with Crippen LogP contribution in [0.25, 0.3) is 10.9 Å². The summed E-state index contributed by atoms with van der Waals surface area (Å²) >= 11 is 0. The zero-order chi connectivity index (χ0) is 16.2. The van der Waals surface area contributed by atoms with E-state index in [4.69, 9.17) is 0 Å². The van der Waals surface area contributed by atoms with Crippen LogP contribution in [0.3, 0.4) is 0 Å². The Morgan fingerprint density at radius 1 is 1.13 bits per heavy atom. The van der Waals surface area contributed by atoms with E-state index in [9.17, 15) is 13.6 Å². The summed E-state index contributed by atoms with van der Waals surface area (Å²) in [5, 5.41) is 3.40. The molecule has 1 aromatic heterocycles. The molecule has 0 saturated carbocycles. The summed E-state index contributed by atoms with van der Waals surface area (Å²) < 4.78 is 29.2. The van der Waals surface area contributed by atoms with Gasteiger partial charge in [0.25, 0.3) is 5.56 Å². The Morgan fingerprint density at radius 3 is 2.70 bits per heavy atom. The van der Waals surface area contributed by atoms with Crippen LogP contribution < -0.4 is 15.6 Å². The minimum Gasteiger partial charge on any atom is -0.434 e. The maximum atomic E-state index is 12.4. The van der Waals surface area contributed by atoms with E-state index < -0.39 is 6.61 Å². The lowest BCUT2D eigenvalue weighted by Gasteiger charge is -2.11. The third kappa shape index (κ3) is 3.45. The van der Waals surface area contributed by atoms with Crippen molar-refractivity contribution in [2.75, 3.05) is 5.32 Å². The third-order valence-electron chi connectivity index (χ3n) is 3.25. The first kappa shape index (κ1) is 15.0. The van der Waals surface area contributed by atoms with Gasteiger partial charge in [0.05, 0.1) is 10.9 Å². The number of fused-ring (bicyclic) bond motifs is 1. The predicted molar refractivity (Wildman–Crippen MR) is 82.8 cm³/mol. The number of aromatic nitrogens is 2. The third-order valence-corrected chi connectivity index (χ3v) is 3.25. The van der Waals surface area contributed by atoms with Crippen LogP contribution in [-0.4, -0.2) is 16.6 Å². The molecule has 0 aliphatic carbocycles. The zero-order valence-electron chi connectivity index (χ0n) is 11.9. The van der Waals surface area contributed by atoms with Crippen LogP contribution in [0, 0.1) is 0 Å². The normalized spacial score (nSPS) is 10.9. The summed E-state index contributed by atoms with van der Waals surface area (Å²) in [7, 11) is 0. The van der Waals surface area contributed by atoms with Gasteiger partial charge in [-0.3, -0.25) is 9.78 Å². The molecule has 0 fully saturated rings. The second-order valence-corrected chi connectivity index (χ2v) is 4.77. The van der Waals surface area contributed by atoms with E-state index in [1.165, 1.54) is 6.07 Å². The first-order valence-corrected chi connectivity index (χ1v) is 6.89. The van der Waals surface area contributed by atoms with E-state index in [0.717, 1.165) is 0 Å². The molecular formula is C16H13F2N3O2.